The largest absolute Gasteiger partial charge is 0.496 e. The van der Waals surface area contributed by atoms with Gasteiger partial charge in [0.1, 0.15) is 11.1 Å². The maximum absolute atomic E-state index is 12.2. The Kier molecular flexibility index (Phi) is 3.10. The van der Waals surface area contributed by atoms with E-state index < -0.39 is 6.10 Å². The second-order valence-electron chi connectivity index (χ2n) is 3.91. The van der Waals surface area contributed by atoms with Crippen molar-refractivity contribution >= 4 is 10.9 Å². The van der Waals surface area contributed by atoms with Crippen LogP contribution < -0.4 is 10.3 Å². The predicted molar refractivity (Wildman–Crippen MR) is 64.2 cm³/mol. The van der Waals surface area contributed by atoms with Crippen molar-refractivity contribution < 1.29 is 9.84 Å². The normalized spacial score (nSPS) is 12.6. The number of fused-ring (bicyclic) bond motifs is 1. The fourth-order valence-electron chi connectivity index (χ4n) is 1.75. The molecule has 90 valence electrons. The van der Waals surface area contributed by atoms with Crippen molar-refractivity contribution in [2.75, 3.05) is 7.11 Å². The van der Waals surface area contributed by atoms with Crippen molar-refractivity contribution in [3.63, 3.8) is 0 Å². The fourth-order valence-corrected chi connectivity index (χ4v) is 1.75. The molecule has 0 bridgehead atoms. The maximum Gasteiger partial charge on any atom is 0.265 e. The predicted octanol–water partition coefficient (Wildman–Crippen LogP) is 0.786. The van der Waals surface area contributed by atoms with Crippen LogP contribution >= 0.6 is 0 Å². The highest BCUT2D eigenvalue weighted by Crippen LogP contribution is 2.19. The van der Waals surface area contributed by atoms with Crippen LogP contribution in [0.2, 0.25) is 0 Å². The number of nitrogens with zero attached hydrogens (tertiary/aromatic N) is 2. The number of aliphatic hydroxyl groups excluding tert-OH is 1. The average molecular weight is 234 g/mol. The highest BCUT2D eigenvalue weighted by atomic mass is 16.5. The molecule has 1 aromatic heterocycles. The van der Waals surface area contributed by atoms with Gasteiger partial charge in [-0.1, -0.05) is 6.07 Å². The van der Waals surface area contributed by atoms with Crippen molar-refractivity contribution in [1.29, 1.82) is 0 Å². The smallest absolute Gasteiger partial charge is 0.265 e. The van der Waals surface area contributed by atoms with E-state index in [9.17, 15) is 9.90 Å². The van der Waals surface area contributed by atoms with Gasteiger partial charge in [-0.25, -0.2) is 4.98 Å². The van der Waals surface area contributed by atoms with E-state index in [0.29, 0.717) is 16.7 Å². The summed E-state index contributed by atoms with van der Waals surface area (Å²) in [4.78, 5) is 16.4. The van der Waals surface area contributed by atoms with Gasteiger partial charge in [0.15, 0.2) is 0 Å². The molecule has 0 amide bonds. The highest BCUT2D eigenvalue weighted by Gasteiger charge is 2.10. The Bertz CT molecular complexity index is 590. The zero-order valence-corrected chi connectivity index (χ0v) is 9.75. The molecule has 5 heteroatoms. The van der Waals surface area contributed by atoms with Crippen LogP contribution in [0.25, 0.3) is 10.9 Å². The lowest BCUT2D eigenvalue weighted by Crippen LogP contribution is -2.25. The summed E-state index contributed by atoms with van der Waals surface area (Å²) < 4.78 is 6.54. The first-order valence-electron chi connectivity index (χ1n) is 5.33. The summed E-state index contributed by atoms with van der Waals surface area (Å²) in [5.41, 5.74) is 0.393. The molecule has 0 radical (unpaired) electrons. The van der Waals surface area contributed by atoms with Crippen molar-refractivity contribution in [2.45, 2.75) is 19.6 Å². The van der Waals surface area contributed by atoms with E-state index >= 15 is 0 Å². The van der Waals surface area contributed by atoms with Crippen LogP contribution in [0.3, 0.4) is 0 Å². The van der Waals surface area contributed by atoms with Crippen LogP contribution in [0.4, 0.5) is 0 Å². The second kappa shape index (κ2) is 4.55. The molecule has 0 aliphatic heterocycles. The maximum atomic E-state index is 12.2. The van der Waals surface area contributed by atoms with Gasteiger partial charge in [0.2, 0.25) is 0 Å². The Morgan fingerprint density at radius 1 is 1.53 bits per heavy atom. The van der Waals surface area contributed by atoms with Gasteiger partial charge in [-0.2, -0.15) is 0 Å². The Balaban J connectivity index is 2.69. The highest BCUT2D eigenvalue weighted by molar-refractivity contribution is 5.83. The first-order chi connectivity index (χ1) is 8.13. The van der Waals surface area contributed by atoms with E-state index in [1.807, 2.05) is 0 Å². The van der Waals surface area contributed by atoms with E-state index in [-0.39, 0.29) is 12.1 Å². The molecule has 17 heavy (non-hydrogen) atoms. The van der Waals surface area contributed by atoms with Gasteiger partial charge in [0, 0.05) is 0 Å². The van der Waals surface area contributed by atoms with Gasteiger partial charge in [-0.05, 0) is 19.1 Å². The van der Waals surface area contributed by atoms with E-state index in [1.165, 1.54) is 18.0 Å². The van der Waals surface area contributed by atoms with Gasteiger partial charge >= 0.3 is 0 Å². The third-order valence-electron chi connectivity index (χ3n) is 2.50. The van der Waals surface area contributed by atoms with E-state index in [1.54, 1.807) is 25.1 Å². The average Bonchev–Trinajstić information content (AvgIpc) is 2.31. The molecule has 1 heterocycles. The molecule has 2 aromatic rings. The van der Waals surface area contributed by atoms with Crippen LogP contribution in [0.15, 0.2) is 29.3 Å². The molecule has 0 aliphatic rings. The molecule has 1 unspecified atom stereocenters. The first kappa shape index (κ1) is 11.6. The van der Waals surface area contributed by atoms with Gasteiger partial charge in [-0.3, -0.25) is 9.36 Å². The van der Waals surface area contributed by atoms with Crippen LogP contribution in [0.1, 0.15) is 6.92 Å². The molecule has 5 nitrogen and oxygen atoms in total. The van der Waals surface area contributed by atoms with Crippen LogP contribution in [0, 0.1) is 0 Å². The number of aromatic nitrogens is 2. The Morgan fingerprint density at radius 2 is 2.29 bits per heavy atom. The van der Waals surface area contributed by atoms with Crippen molar-refractivity contribution in [1.82, 2.24) is 9.55 Å². The topological polar surface area (TPSA) is 64.3 Å². The minimum Gasteiger partial charge on any atom is -0.496 e. The number of benzene rings is 1. The molecular formula is C12H14N2O3. The van der Waals surface area contributed by atoms with Crippen LogP contribution in [-0.2, 0) is 6.54 Å². The molecule has 0 fully saturated rings. The molecule has 0 spiro atoms. The van der Waals surface area contributed by atoms with E-state index in [2.05, 4.69) is 4.98 Å². The number of ether oxygens (including phenoxy) is 1. The van der Waals surface area contributed by atoms with E-state index in [0.717, 1.165) is 0 Å². The first-order valence-corrected chi connectivity index (χ1v) is 5.33. The Hall–Kier alpha value is -1.88. The number of aliphatic hydroxyl groups is 1. The Morgan fingerprint density at radius 3 is 2.94 bits per heavy atom. The summed E-state index contributed by atoms with van der Waals surface area (Å²) in [6, 6.07) is 5.26. The van der Waals surface area contributed by atoms with E-state index in [4.69, 9.17) is 4.74 Å². The Labute approximate surface area is 98.3 Å². The summed E-state index contributed by atoms with van der Waals surface area (Å²) in [6.07, 6.45) is 0.846. The zero-order valence-electron chi connectivity index (χ0n) is 9.75. The molecule has 0 aliphatic carbocycles. The molecule has 1 atom stereocenters. The fraction of sp³-hybridized carbons (Fsp3) is 0.333. The zero-order chi connectivity index (χ0) is 12.4. The lowest BCUT2D eigenvalue weighted by Gasteiger charge is -2.10. The molecule has 1 N–H and O–H groups in total. The molecule has 0 saturated carbocycles. The second-order valence-corrected chi connectivity index (χ2v) is 3.91. The quantitative estimate of drug-likeness (QED) is 0.852. The van der Waals surface area contributed by atoms with Crippen LogP contribution in [0.5, 0.6) is 5.75 Å². The van der Waals surface area contributed by atoms with Crippen molar-refractivity contribution in [3.8, 4) is 5.75 Å². The SMILES string of the molecule is COc1cccc2ncn(CC(C)O)c(=O)c12. The third-order valence-corrected chi connectivity index (χ3v) is 2.50. The minimum atomic E-state index is -0.596. The lowest BCUT2D eigenvalue weighted by molar-refractivity contribution is 0.172. The van der Waals surface area contributed by atoms with Crippen LogP contribution in [-0.4, -0.2) is 27.9 Å². The molecular weight excluding hydrogens is 220 g/mol. The summed E-state index contributed by atoms with van der Waals surface area (Å²) in [7, 11) is 1.51. The van der Waals surface area contributed by atoms with Gasteiger partial charge in [0.05, 0.1) is 31.6 Å². The monoisotopic (exact) mass is 234 g/mol. The summed E-state index contributed by atoms with van der Waals surface area (Å²) in [5.74, 6) is 0.500. The van der Waals surface area contributed by atoms with Gasteiger partial charge in [0.25, 0.3) is 5.56 Å². The van der Waals surface area contributed by atoms with Gasteiger partial charge < -0.3 is 9.84 Å². The standard InChI is InChI=1S/C12H14N2O3/c1-8(15)6-14-7-13-9-4-3-5-10(17-2)11(9)12(14)16/h3-5,7-8,15H,6H2,1-2H3. The number of hydrogen-bond acceptors (Lipinski definition) is 4. The van der Waals surface area contributed by atoms with Crippen molar-refractivity contribution in [3.05, 3.63) is 34.9 Å². The summed E-state index contributed by atoms with van der Waals surface area (Å²) in [6.45, 7) is 1.85. The van der Waals surface area contributed by atoms with Gasteiger partial charge in [-0.15, -0.1) is 0 Å². The number of hydrogen-bond donors (Lipinski definition) is 1. The number of rotatable bonds is 3. The molecule has 2 rings (SSSR count). The molecule has 1 aromatic carbocycles. The number of methoxy groups -OCH3 is 1. The minimum absolute atomic E-state index is 0.201. The summed E-state index contributed by atoms with van der Waals surface area (Å²) >= 11 is 0. The molecule has 0 saturated heterocycles. The lowest BCUT2D eigenvalue weighted by atomic mass is 10.2. The third kappa shape index (κ3) is 2.14. The summed E-state index contributed by atoms with van der Waals surface area (Å²) in [5, 5.41) is 9.75. The van der Waals surface area contributed by atoms with Crippen molar-refractivity contribution in [2.24, 2.45) is 0 Å².